The smallest absolute Gasteiger partial charge is 0.319 e. The van der Waals surface area contributed by atoms with E-state index in [9.17, 15) is 4.79 Å². The molecule has 140 valence electrons. The molecule has 0 fully saturated rings. The number of pyridine rings is 2. The lowest BCUT2D eigenvalue weighted by molar-refractivity contribution is 0.249. The Morgan fingerprint density at radius 2 is 1.93 bits per heavy atom. The molecule has 1 aromatic carbocycles. The molecule has 0 saturated heterocycles. The fourth-order valence-electron chi connectivity index (χ4n) is 3.07. The van der Waals surface area contributed by atoms with E-state index < -0.39 is 0 Å². The first-order valence-electron chi connectivity index (χ1n) is 9.00. The van der Waals surface area contributed by atoms with Crippen LogP contribution in [0, 0.1) is 6.92 Å². The molecule has 7 nitrogen and oxygen atoms in total. The summed E-state index contributed by atoms with van der Waals surface area (Å²) in [4.78, 5) is 21.0. The second-order valence-electron chi connectivity index (χ2n) is 6.61. The first-order valence-corrected chi connectivity index (χ1v) is 9.00. The van der Waals surface area contributed by atoms with E-state index in [4.69, 9.17) is 0 Å². The molecule has 0 saturated carbocycles. The van der Waals surface area contributed by atoms with Crippen LogP contribution >= 0.6 is 0 Å². The van der Waals surface area contributed by atoms with E-state index in [-0.39, 0.29) is 12.1 Å². The van der Waals surface area contributed by atoms with Crippen molar-refractivity contribution in [2.45, 2.75) is 19.9 Å². The van der Waals surface area contributed by atoms with Crippen molar-refractivity contribution in [2.24, 2.45) is 0 Å². The molecule has 3 heterocycles. The summed E-state index contributed by atoms with van der Waals surface area (Å²) in [5.41, 5.74) is 4.92. The molecule has 7 heteroatoms. The Hall–Kier alpha value is -3.74. The number of amides is 2. The number of hydrogen-bond donors (Lipinski definition) is 3. The van der Waals surface area contributed by atoms with Crippen LogP contribution in [0.2, 0.25) is 0 Å². The lowest BCUT2D eigenvalue weighted by Crippen LogP contribution is -2.31. The number of H-pyrrole nitrogens is 1. The third kappa shape index (κ3) is 3.68. The number of aromatic amines is 1. The molecule has 0 aliphatic heterocycles. The Kier molecular flexibility index (Phi) is 4.72. The molecular formula is C21H20N6O. The van der Waals surface area contributed by atoms with Crippen LogP contribution in [-0.4, -0.2) is 26.2 Å². The Bertz CT molecular complexity index is 1120. The molecule has 4 aromatic rings. The zero-order chi connectivity index (χ0) is 19.5. The standard InChI is InChI=1S/C21H20N6O/c1-13-10-16(8-9-22-13)19-18-11-17(12-23-20(18)27-26-19)25-21(28)24-14(2)15-6-4-3-5-7-15/h3-12,14H,1-2H3,(H,23,26,27)(H2,24,25,28). The van der Waals surface area contributed by atoms with Crippen LogP contribution < -0.4 is 10.6 Å². The summed E-state index contributed by atoms with van der Waals surface area (Å²) in [7, 11) is 0. The summed E-state index contributed by atoms with van der Waals surface area (Å²) in [6.45, 7) is 3.87. The summed E-state index contributed by atoms with van der Waals surface area (Å²) in [5, 5.41) is 13.9. The van der Waals surface area contributed by atoms with Crippen LogP contribution in [0.3, 0.4) is 0 Å². The number of aryl methyl sites for hydroxylation is 1. The molecule has 0 aliphatic carbocycles. The van der Waals surface area contributed by atoms with Gasteiger partial charge >= 0.3 is 6.03 Å². The van der Waals surface area contributed by atoms with Crippen molar-refractivity contribution in [2.75, 3.05) is 5.32 Å². The van der Waals surface area contributed by atoms with Crippen LogP contribution in [-0.2, 0) is 0 Å². The maximum absolute atomic E-state index is 12.4. The summed E-state index contributed by atoms with van der Waals surface area (Å²) >= 11 is 0. The van der Waals surface area contributed by atoms with Gasteiger partial charge in [-0.2, -0.15) is 5.10 Å². The fourth-order valence-corrected chi connectivity index (χ4v) is 3.07. The van der Waals surface area contributed by atoms with Gasteiger partial charge in [0.25, 0.3) is 0 Å². The fraction of sp³-hybridized carbons (Fsp3) is 0.143. The minimum absolute atomic E-state index is 0.109. The number of benzene rings is 1. The predicted molar refractivity (Wildman–Crippen MR) is 109 cm³/mol. The lowest BCUT2D eigenvalue weighted by atomic mass is 10.1. The summed E-state index contributed by atoms with van der Waals surface area (Å²) in [6, 6.07) is 15.1. The van der Waals surface area contributed by atoms with E-state index in [2.05, 4.69) is 30.8 Å². The highest BCUT2D eigenvalue weighted by atomic mass is 16.2. The predicted octanol–water partition coefficient (Wildman–Crippen LogP) is 4.21. The molecule has 3 aromatic heterocycles. The molecule has 0 radical (unpaired) electrons. The normalized spacial score (nSPS) is 11.9. The van der Waals surface area contributed by atoms with Crippen molar-refractivity contribution >= 4 is 22.8 Å². The van der Waals surface area contributed by atoms with E-state index >= 15 is 0 Å². The largest absolute Gasteiger partial charge is 0.331 e. The summed E-state index contributed by atoms with van der Waals surface area (Å²) < 4.78 is 0. The van der Waals surface area contributed by atoms with Crippen LogP contribution in [0.5, 0.6) is 0 Å². The molecule has 0 aliphatic rings. The van der Waals surface area contributed by atoms with Gasteiger partial charge in [-0.15, -0.1) is 0 Å². The van der Waals surface area contributed by atoms with Gasteiger partial charge in [-0.3, -0.25) is 10.1 Å². The highest BCUT2D eigenvalue weighted by Gasteiger charge is 2.13. The van der Waals surface area contributed by atoms with Gasteiger partial charge in [0.15, 0.2) is 5.65 Å². The number of aromatic nitrogens is 4. The van der Waals surface area contributed by atoms with Crippen LogP contribution in [0.4, 0.5) is 10.5 Å². The first-order chi connectivity index (χ1) is 13.6. The van der Waals surface area contributed by atoms with E-state index in [1.807, 2.05) is 62.4 Å². The van der Waals surface area contributed by atoms with Crippen molar-refractivity contribution in [1.82, 2.24) is 25.5 Å². The number of urea groups is 1. The van der Waals surface area contributed by atoms with E-state index in [0.717, 1.165) is 27.9 Å². The maximum atomic E-state index is 12.4. The molecular weight excluding hydrogens is 352 g/mol. The number of fused-ring (bicyclic) bond motifs is 1. The van der Waals surface area contributed by atoms with Gasteiger partial charge in [0, 0.05) is 22.8 Å². The third-order valence-electron chi connectivity index (χ3n) is 4.49. The second kappa shape index (κ2) is 7.48. The number of anilines is 1. The summed E-state index contributed by atoms with van der Waals surface area (Å²) in [5.74, 6) is 0. The highest BCUT2D eigenvalue weighted by molar-refractivity contribution is 5.96. The SMILES string of the molecule is Cc1cc(-c2n[nH]c3ncc(NC(=O)NC(C)c4ccccc4)cc23)ccn1. The minimum Gasteiger partial charge on any atom is -0.331 e. The van der Waals surface area contributed by atoms with Crippen LogP contribution in [0.15, 0.2) is 60.9 Å². The quantitative estimate of drug-likeness (QED) is 0.500. The van der Waals surface area contributed by atoms with Crippen molar-refractivity contribution < 1.29 is 4.79 Å². The number of hydrogen-bond acceptors (Lipinski definition) is 4. The zero-order valence-electron chi connectivity index (χ0n) is 15.6. The van der Waals surface area contributed by atoms with Gasteiger partial charge in [-0.1, -0.05) is 30.3 Å². The Morgan fingerprint density at radius 3 is 2.71 bits per heavy atom. The monoisotopic (exact) mass is 372 g/mol. The molecule has 1 unspecified atom stereocenters. The van der Waals surface area contributed by atoms with Gasteiger partial charge in [0.05, 0.1) is 17.9 Å². The third-order valence-corrected chi connectivity index (χ3v) is 4.49. The average molecular weight is 372 g/mol. The Morgan fingerprint density at radius 1 is 1.11 bits per heavy atom. The molecule has 2 amide bonds. The highest BCUT2D eigenvalue weighted by Crippen LogP contribution is 2.27. The van der Waals surface area contributed by atoms with Crippen LogP contribution in [0.25, 0.3) is 22.3 Å². The zero-order valence-corrected chi connectivity index (χ0v) is 15.6. The van der Waals surface area contributed by atoms with Crippen LogP contribution in [0.1, 0.15) is 24.2 Å². The van der Waals surface area contributed by atoms with Crippen molar-refractivity contribution in [3.05, 3.63) is 72.2 Å². The van der Waals surface area contributed by atoms with Crippen molar-refractivity contribution in [3.8, 4) is 11.3 Å². The average Bonchev–Trinajstić information content (AvgIpc) is 3.12. The molecule has 0 spiro atoms. The van der Waals surface area contributed by atoms with Gasteiger partial charge in [-0.25, -0.2) is 9.78 Å². The van der Waals surface area contributed by atoms with Gasteiger partial charge in [0.1, 0.15) is 5.69 Å². The van der Waals surface area contributed by atoms with Gasteiger partial charge < -0.3 is 10.6 Å². The van der Waals surface area contributed by atoms with E-state index in [0.29, 0.717) is 11.3 Å². The van der Waals surface area contributed by atoms with Crippen molar-refractivity contribution in [3.63, 3.8) is 0 Å². The number of rotatable bonds is 4. The number of carbonyl (C=O) groups excluding carboxylic acids is 1. The molecule has 4 rings (SSSR count). The maximum Gasteiger partial charge on any atom is 0.319 e. The number of carbonyl (C=O) groups is 1. The number of nitrogens with one attached hydrogen (secondary N) is 3. The minimum atomic E-state index is -0.290. The first kappa shape index (κ1) is 17.7. The van der Waals surface area contributed by atoms with E-state index in [1.54, 1.807) is 12.4 Å². The second-order valence-corrected chi connectivity index (χ2v) is 6.61. The van der Waals surface area contributed by atoms with Gasteiger partial charge in [-0.05, 0) is 37.6 Å². The molecule has 1 atom stereocenters. The van der Waals surface area contributed by atoms with Crippen molar-refractivity contribution in [1.29, 1.82) is 0 Å². The van der Waals surface area contributed by atoms with Gasteiger partial charge in [0.2, 0.25) is 0 Å². The topological polar surface area (TPSA) is 95.6 Å². The molecule has 3 N–H and O–H groups in total. The van der Waals surface area contributed by atoms with E-state index in [1.165, 1.54) is 0 Å². The summed E-state index contributed by atoms with van der Waals surface area (Å²) in [6.07, 6.45) is 3.36. The number of nitrogens with zero attached hydrogens (tertiary/aromatic N) is 3. The Balaban J connectivity index is 1.54. The Labute approximate surface area is 162 Å². The molecule has 0 bridgehead atoms. The lowest BCUT2D eigenvalue weighted by Gasteiger charge is -2.15. The molecule has 28 heavy (non-hydrogen) atoms.